The van der Waals surface area contributed by atoms with Crippen LogP contribution in [0.3, 0.4) is 0 Å². The van der Waals surface area contributed by atoms with Crippen LogP contribution in [0.5, 0.6) is 0 Å². The SMILES string of the molecule is CC1C=CC=C2C1C=CN2CC(O)Cn1cnc2ccccc21. The van der Waals surface area contributed by atoms with Gasteiger partial charge in [-0.1, -0.05) is 37.3 Å². The molecule has 3 unspecified atom stereocenters. The summed E-state index contributed by atoms with van der Waals surface area (Å²) in [5, 5.41) is 10.5. The fourth-order valence-corrected chi connectivity index (χ4v) is 3.51. The summed E-state index contributed by atoms with van der Waals surface area (Å²) in [5.41, 5.74) is 3.32. The van der Waals surface area contributed by atoms with Crippen molar-refractivity contribution in [2.75, 3.05) is 6.54 Å². The van der Waals surface area contributed by atoms with Gasteiger partial charge in [-0.25, -0.2) is 4.98 Å². The van der Waals surface area contributed by atoms with Crippen molar-refractivity contribution in [1.29, 1.82) is 0 Å². The molecule has 0 saturated heterocycles. The van der Waals surface area contributed by atoms with E-state index >= 15 is 0 Å². The van der Waals surface area contributed by atoms with Crippen LogP contribution in [0.15, 0.2) is 66.8 Å². The minimum atomic E-state index is -0.446. The van der Waals surface area contributed by atoms with Crippen molar-refractivity contribution in [3.05, 3.63) is 66.8 Å². The summed E-state index contributed by atoms with van der Waals surface area (Å²) >= 11 is 0. The Morgan fingerprint density at radius 1 is 1.22 bits per heavy atom. The average molecular weight is 307 g/mol. The molecule has 2 heterocycles. The molecular weight excluding hydrogens is 286 g/mol. The van der Waals surface area contributed by atoms with Gasteiger partial charge in [0.25, 0.3) is 0 Å². The Labute approximate surface area is 136 Å². The van der Waals surface area contributed by atoms with Crippen molar-refractivity contribution in [1.82, 2.24) is 14.5 Å². The standard InChI is InChI=1S/C19H21N3O/c1-14-5-4-8-18-16(14)9-10-21(18)11-15(23)12-22-13-20-17-6-2-3-7-19(17)22/h2-10,13-16,23H,11-12H2,1H3. The number of allylic oxidation sites excluding steroid dienone is 4. The van der Waals surface area contributed by atoms with Gasteiger partial charge in [0.1, 0.15) is 0 Å². The van der Waals surface area contributed by atoms with E-state index in [1.165, 1.54) is 5.70 Å². The molecule has 0 bridgehead atoms. The van der Waals surface area contributed by atoms with Crippen LogP contribution in [0.1, 0.15) is 6.92 Å². The van der Waals surface area contributed by atoms with Crippen LogP contribution in [-0.2, 0) is 6.54 Å². The molecule has 0 amide bonds. The van der Waals surface area contributed by atoms with Crippen LogP contribution in [-0.4, -0.2) is 32.2 Å². The zero-order chi connectivity index (χ0) is 15.8. The highest BCUT2D eigenvalue weighted by atomic mass is 16.3. The molecule has 3 atom stereocenters. The van der Waals surface area contributed by atoms with E-state index in [1.54, 1.807) is 6.33 Å². The maximum Gasteiger partial charge on any atom is 0.0959 e. The molecule has 2 aliphatic rings. The number of β-amino-alcohol motifs (C(OH)–C–C–N with tert-alkyl or cyclic N) is 1. The summed E-state index contributed by atoms with van der Waals surface area (Å²) in [4.78, 5) is 6.56. The van der Waals surface area contributed by atoms with Gasteiger partial charge < -0.3 is 14.6 Å². The van der Waals surface area contributed by atoms with Crippen LogP contribution in [0, 0.1) is 11.8 Å². The van der Waals surface area contributed by atoms with Crippen LogP contribution >= 0.6 is 0 Å². The number of benzene rings is 1. The van der Waals surface area contributed by atoms with Crippen LogP contribution in [0.4, 0.5) is 0 Å². The Hall–Kier alpha value is -2.33. The monoisotopic (exact) mass is 307 g/mol. The Bertz CT molecular complexity index is 802. The molecule has 23 heavy (non-hydrogen) atoms. The van der Waals surface area contributed by atoms with Gasteiger partial charge >= 0.3 is 0 Å². The fourth-order valence-electron chi connectivity index (χ4n) is 3.51. The number of hydrogen-bond acceptors (Lipinski definition) is 3. The summed E-state index contributed by atoms with van der Waals surface area (Å²) in [6.45, 7) is 3.39. The maximum absolute atomic E-state index is 10.5. The first-order valence-corrected chi connectivity index (χ1v) is 8.13. The lowest BCUT2D eigenvalue weighted by Crippen LogP contribution is -2.31. The molecular formula is C19H21N3O. The second-order valence-electron chi connectivity index (χ2n) is 6.39. The van der Waals surface area contributed by atoms with Gasteiger partial charge in [0.2, 0.25) is 0 Å². The highest BCUT2D eigenvalue weighted by molar-refractivity contribution is 5.74. The molecule has 4 nitrogen and oxygen atoms in total. The molecule has 1 aromatic carbocycles. The van der Waals surface area contributed by atoms with Crippen LogP contribution in [0.25, 0.3) is 11.0 Å². The number of imidazole rings is 1. The third kappa shape index (κ3) is 2.59. The van der Waals surface area contributed by atoms with E-state index < -0.39 is 6.10 Å². The minimum Gasteiger partial charge on any atom is -0.389 e. The van der Waals surface area contributed by atoms with E-state index in [0.29, 0.717) is 24.9 Å². The summed E-state index contributed by atoms with van der Waals surface area (Å²) in [6.07, 6.45) is 12.2. The average Bonchev–Trinajstić information content (AvgIpc) is 3.14. The molecule has 1 N–H and O–H groups in total. The number of rotatable bonds is 4. The van der Waals surface area contributed by atoms with Gasteiger partial charge in [0.15, 0.2) is 0 Å². The fraction of sp³-hybridized carbons (Fsp3) is 0.316. The van der Waals surface area contributed by atoms with Crippen LogP contribution in [0.2, 0.25) is 0 Å². The minimum absolute atomic E-state index is 0.446. The zero-order valence-electron chi connectivity index (χ0n) is 13.2. The van der Waals surface area contributed by atoms with E-state index in [-0.39, 0.29) is 0 Å². The summed E-state index contributed by atoms with van der Waals surface area (Å²) < 4.78 is 2.02. The van der Waals surface area contributed by atoms with E-state index in [4.69, 9.17) is 0 Å². The van der Waals surface area contributed by atoms with Gasteiger partial charge in [-0.3, -0.25) is 0 Å². The number of aliphatic hydroxyl groups is 1. The predicted octanol–water partition coefficient (Wildman–Crippen LogP) is 2.93. The number of nitrogens with zero attached hydrogens (tertiary/aromatic N) is 3. The first-order chi connectivity index (χ1) is 11.2. The summed E-state index contributed by atoms with van der Waals surface area (Å²) in [6, 6.07) is 8.01. The smallest absolute Gasteiger partial charge is 0.0959 e. The first kappa shape index (κ1) is 14.3. The lowest BCUT2D eigenvalue weighted by Gasteiger charge is -2.28. The van der Waals surface area contributed by atoms with Crippen molar-refractivity contribution in [2.24, 2.45) is 11.8 Å². The van der Waals surface area contributed by atoms with E-state index in [1.807, 2.05) is 28.8 Å². The van der Waals surface area contributed by atoms with Crippen molar-refractivity contribution >= 4 is 11.0 Å². The van der Waals surface area contributed by atoms with Crippen molar-refractivity contribution in [3.8, 4) is 0 Å². The van der Waals surface area contributed by atoms with Crippen LogP contribution < -0.4 is 0 Å². The predicted molar refractivity (Wildman–Crippen MR) is 91.5 cm³/mol. The Kier molecular flexibility index (Phi) is 3.54. The molecule has 1 aliphatic heterocycles. The second kappa shape index (κ2) is 5.70. The Balaban J connectivity index is 1.46. The Morgan fingerprint density at radius 2 is 2.09 bits per heavy atom. The van der Waals surface area contributed by atoms with Gasteiger partial charge in [-0.05, 0) is 24.1 Å². The van der Waals surface area contributed by atoms with Gasteiger partial charge in [0.05, 0.1) is 36.6 Å². The normalized spacial score (nSPS) is 24.1. The molecule has 118 valence electrons. The lowest BCUT2D eigenvalue weighted by atomic mass is 9.88. The van der Waals surface area contributed by atoms with E-state index in [0.717, 1.165) is 11.0 Å². The third-order valence-electron chi connectivity index (χ3n) is 4.74. The Morgan fingerprint density at radius 3 is 3.00 bits per heavy atom. The number of aliphatic hydroxyl groups excluding tert-OH is 1. The highest BCUT2D eigenvalue weighted by Gasteiger charge is 2.28. The largest absolute Gasteiger partial charge is 0.389 e. The first-order valence-electron chi connectivity index (χ1n) is 8.13. The second-order valence-corrected chi connectivity index (χ2v) is 6.39. The van der Waals surface area contributed by atoms with Crippen molar-refractivity contribution < 1.29 is 5.11 Å². The number of para-hydroxylation sites is 2. The molecule has 4 heteroatoms. The molecule has 0 saturated carbocycles. The van der Waals surface area contributed by atoms with E-state index in [2.05, 4.69) is 47.3 Å². The number of fused-ring (bicyclic) bond motifs is 2. The van der Waals surface area contributed by atoms with Gasteiger partial charge in [0, 0.05) is 17.8 Å². The molecule has 4 rings (SSSR count). The van der Waals surface area contributed by atoms with Gasteiger partial charge in [-0.2, -0.15) is 0 Å². The highest BCUT2D eigenvalue weighted by Crippen LogP contribution is 2.34. The zero-order valence-corrected chi connectivity index (χ0v) is 13.2. The number of hydrogen-bond donors (Lipinski definition) is 1. The van der Waals surface area contributed by atoms with Gasteiger partial charge in [-0.15, -0.1) is 0 Å². The van der Waals surface area contributed by atoms with Crippen molar-refractivity contribution in [2.45, 2.75) is 19.6 Å². The summed E-state index contributed by atoms with van der Waals surface area (Å²) in [7, 11) is 0. The third-order valence-corrected chi connectivity index (χ3v) is 4.74. The molecule has 1 aromatic heterocycles. The maximum atomic E-state index is 10.5. The molecule has 0 fully saturated rings. The molecule has 0 radical (unpaired) electrons. The lowest BCUT2D eigenvalue weighted by molar-refractivity contribution is 0.128. The summed E-state index contributed by atoms with van der Waals surface area (Å²) in [5.74, 6) is 0.965. The quantitative estimate of drug-likeness (QED) is 0.944. The van der Waals surface area contributed by atoms with E-state index in [9.17, 15) is 5.11 Å². The molecule has 0 spiro atoms. The van der Waals surface area contributed by atoms with Crippen molar-refractivity contribution in [3.63, 3.8) is 0 Å². The number of aromatic nitrogens is 2. The molecule has 1 aliphatic carbocycles. The topological polar surface area (TPSA) is 41.3 Å². The molecule has 2 aromatic rings.